The van der Waals surface area contributed by atoms with Crippen LogP contribution in [0, 0.1) is 18.8 Å². The first-order valence-corrected chi connectivity index (χ1v) is 11.5. The fourth-order valence-electron chi connectivity index (χ4n) is 6.48. The molecule has 5 heteroatoms. The Morgan fingerprint density at radius 3 is 2.06 bits per heavy atom. The van der Waals surface area contributed by atoms with Gasteiger partial charge in [0, 0.05) is 10.4 Å². The number of halogens is 1. The number of amides is 2. The zero-order valence-electron chi connectivity index (χ0n) is 17.6. The number of rotatable bonds is 2. The van der Waals surface area contributed by atoms with Gasteiger partial charge in [-0.2, -0.15) is 0 Å². The SMILES string of the molecule is CC(=O)C12c3ccccc3C(c3ccccc31)C1C(=O)N(c3ccc(Br)cc3C)C(=O)C12. The summed E-state index contributed by atoms with van der Waals surface area (Å²) in [5.41, 5.74) is 3.97. The topological polar surface area (TPSA) is 54.5 Å². The van der Waals surface area contributed by atoms with Gasteiger partial charge in [-0.25, -0.2) is 4.90 Å². The van der Waals surface area contributed by atoms with Crippen molar-refractivity contribution in [3.05, 3.63) is 99.0 Å². The lowest BCUT2D eigenvalue weighted by Crippen LogP contribution is -2.57. The molecule has 0 spiro atoms. The van der Waals surface area contributed by atoms with Gasteiger partial charge in [-0.3, -0.25) is 14.4 Å². The Bertz CT molecular complexity index is 1310. The molecule has 4 aliphatic rings. The van der Waals surface area contributed by atoms with Crippen molar-refractivity contribution in [2.75, 3.05) is 4.90 Å². The smallest absolute Gasteiger partial charge is 0.239 e. The molecule has 1 heterocycles. The summed E-state index contributed by atoms with van der Waals surface area (Å²) in [5, 5.41) is 0. The summed E-state index contributed by atoms with van der Waals surface area (Å²) >= 11 is 3.46. The van der Waals surface area contributed by atoms with Crippen LogP contribution in [0.4, 0.5) is 5.69 Å². The highest BCUT2D eigenvalue weighted by Crippen LogP contribution is 2.64. The van der Waals surface area contributed by atoms with Crippen molar-refractivity contribution in [3.63, 3.8) is 0 Å². The van der Waals surface area contributed by atoms with E-state index in [0.717, 1.165) is 32.3 Å². The molecule has 3 aromatic rings. The summed E-state index contributed by atoms with van der Waals surface area (Å²) in [4.78, 5) is 42.9. The van der Waals surface area contributed by atoms with Gasteiger partial charge in [0.25, 0.3) is 0 Å². The highest BCUT2D eigenvalue weighted by molar-refractivity contribution is 9.10. The maximum Gasteiger partial charge on any atom is 0.239 e. The highest BCUT2D eigenvalue weighted by atomic mass is 79.9. The summed E-state index contributed by atoms with van der Waals surface area (Å²) < 4.78 is 0.885. The van der Waals surface area contributed by atoms with Crippen LogP contribution in [0.2, 0.25) is 0 Å². The van der Waals surface area contributed by atoms with E-state index in [9.17, 15) is 14.4 Å². The van der Waals surface area contributed by atoms with Gasteiger partial charge in [0.1, 0.15) is 5.78 Å². The number of carbonyl (C=O) groups is 3. The number of Topliss-reactive ketones (excluding diaryl/α,β-unsaturated/α-hetero) is 1. The Hall–Kier alpha value is -3.05. The predicted octanol–water partition coefficient (Wildman–Crippen LogP) is 4.90. The lowest BCUT2D eigenvalue weighted by molar-refractivity contribution is -0.132. The maximum absolute atomic E-state index is 14.0. The van der Waals surface area contributed by atoms with Gasteiger partial charge in [0.2, 0.25) is 11.8 Å². The van der Waals surface area contributed by atoms with Crippen molar-refractivity contribution >= 4 is 39.2 Å². The fourth-order valence-corrected chi connectivity index (χ4v) is 6.95. The monoisotopic (exact) mass is 485 g/mol. The Kier molecular flexibility index (Phi) is 3.98. The second-order valence-corrected chi connectivity index (χ2v) is 9.88. The third-order valence-corrected chi connectivity index (χ3v) is 8.07. The van der Waals surface area contributed by atoms with E-state index in [0.29, 0.717) is 5.69 Å². The summed E-state index contributed by atoms with van der Waals surface area (Å²) in [6.45, 7) is 3.45. The Morgan fingerprint density at radius 1 is 0.906 bits per heavy atom. The normalized spacial score (nSPS) is 27.2. The number of anilines is 1. The molecular formula is C27H20BrNO3. The molecule has 4 nitrogen and oxygen atoms in total. The maximum atomic E-state index is 14.0. The molecular weight excluding hydrogens is 466 g/mol. The van der Waals surface area contributed by atoms with Crippen molar-refractivity contribution in [1.29, 1.82) is 0 Å². The van der Waals surface area contributed by atoms with E-state index in [1.165, 1.54) is 4.90 Å². The van der Waals surface area contributed by atoms with Crippen LogP contribution in [0.25, 0.3) is 0 Å². The Balaban J connectivity index is 1.67. The van der Waals surface area contributed by atoms with E-state index in [1.54, 1.807) is 13.0 Å². The van der Waals surface area contributed by atoms with Crippen LogP contribution in [-0.4, -0.2) is 17.6 Å². The molecule has 7 rings (SSSR count). The van der Waals surface area contributed by atoms with Gasteiger partial charge in [-0.1, -0.05) is 64.5 Å². The van der Waals surface area contributed by atoms with E-state index in [-0.39, 0.29) is 23.5 Å². The fraction of sp³-hybridized carbons (Fsp3) is 0.222. The first-order valence-electron chi connectivity index (χ1n) is 10.7. The number of benzene rings is 3. The largest absolute Gasteiger partial charge is 0.299 e. The van der Waals surface area contributed by atoms with E-state index in [4.69, 9.17) is 0 Å². The van der Waals surface area contributed by atoms with Crippen LogP contribution < -0.4 is 4.90 Å². The van der Waals surface area contributed by atoms with Gasteiger partial charge in [-0.15, -0.1) is 0 Å². The van der Waals surface area contributed by atoms with Crippen LogP contribution >= 0.6 is 15.9 Å². The standard InChI is InChI=1S/C27H20BrNO3/c1-14-13-16(28)11-12-21(14)29-25(31)23-22-17-7-3-5-9-19(17)27(15(2)30,24(23)26(29)32)20-10-6-4-8-18(20)22/h3-13,22-24H,1-2H3. The van der Waals surface area contributed by atoms with E-state index in [1.807, 2.05) is 67.6 Å². The predicted molar refractivity (Wildman–Crippen MR) is 125 cm³/mol. The first kappa shape index (κ1) is 19.6. The van der Waals surface area contributed by atoms with Gasteiger partial charge in [0.15, 0.2) is 0 Å². The highest BCUT2D eigenvalue weighted by Gasteiger charge is 2.70. The molecule has 0 aromatic heterocycles. The molecule has 3 aliphatic carbocycles. The number of carbonyl (C=O) groups excluding carboxylic acids is 3. The van der Waals surface area contributed by atoms with Crippen molar-refractivity contribution in [2.45, 2.75) is 25.2 Å². The van der Waals surface area contributed by atoms with Crippen LogP contribution in [0.15, 0.2) is 71.2 Å². The lowest BCUT2D eigenvalue weighted by atomic mass is 9.46. The molecule has 2 amide bonds. The van der Waals surface area contributed by atoms with Gasteiger partial charge >= 0.3 is 0 Å². The molecule has 2 bridgehead atoms. The van der Waals surface area contributed by atoms with Gasteiger partial charge in [0.05, 0.1) is 22.9 Å². The second kappa shape index (κ2) is 6.48. The number of imide groups is 1. The summed E-state index contributed by atoms with van der Waals surface area (Å²) in [7, 11) is 0. The molecule has 3 aromatic carbocycles. The molecule has 0 radical (unpaired) electrons. The van der Waals surface area contributed by atoms with Crippen LogP contribution in [0.5, 0.6) is 0 Å². The van der Waals surface area contributed by atoms with E-state index in [2.05, 4.69) is 15.9 Å². The summed E-state index contributed by atoms with van der Waals surface area (Å²) in [6.07, 6.45) is 0. The summed E-state index contributed by atoms with van der Waals surface area (Å²) in [5.74, 6) is -2.18. The van der Waals surface area contributed by atoms with E-state index < -0.39 is 17.3 Å². The molecule has 32 heavy (non-hydrogen) atoms. The molecule has 2 unspecified atom stereocenters. The van der Waals surface area contributed by atoms with Crippen LogP contribution in [0.1, 0.15) is 40.7 Å². The Labute approximate surface area is 194 Å². The number of ketones is 1. The molecule has 1 fully saturated rings. The van der Waals surface area contributed by atoms with Gasteiger partial charge in [-0.05, 0) is 59.9 Å². The van der Waals surface area contributed by atoms with Crippen LogP contribution in [-0.2, 0) is 19.8 Å². The first-order chi connectivity index (χ1) is 15.4. The number of aryl methyl sites for hydroxylation is 1. The minimum absolute atomic E-state index is 0.0962. The summed E-state index contributed by atoms with van der Waals surface area (Å²) in [6, 6.07) is 21.2. The molecule has 0 N–H and O–H groups in total. The zero-order chi connectivity index (χ0) is 22.4. The average molecular weight is 486 g/mol. The number of hydrogen-bond donors (Lipinski definition) is 0. The minimum atomic E-state index is -1.16. The lowest BCUT2D eigenvalue weighted by Gasteiger charge is -2.52. The average Bonchev–Trinajstić information content (AvgIpc) is 3.05. The van der Waals surface area contributed by atoms with Crippen molar-refractivity contribution in [3.8, 4) is 0 Å². The van der Waals surface area contributed by atoms with E-state index >= 15 is 0 Å². The van der Waals surface area contributed by atoms with Crippen molar-refractivity contribution < 1.29 is 14.4 Å². The molecule has 0 saturated carbocycles. The number of hydrogen-bond acceptors (Lipinski definition) is 3. The molecule has 1 saturated heterocycles. The Morgan fingerprint density at radius 2 is 1.50 bits per heavy atom. The third-order valence-electron chi connectivity index (χ3n) is 7.57. The quantitative estimate of drug-likeness (QED) is 0.485. The van der Waals surface area contributed by atoms with Crippen LogP contribution in [0.3, 0.4) is 0 Å². The minimum Gasteiger partial charge on any atom is -0.299 e. The molecule has 1 aliphatic heterocycles. The van der Waals surface area contributed by atoms with Crippen molar-refractivity contribution in [2.24, 2.45) is 11.8 Å². The number of nitrogens with zero attached hydrogens (tertiary/aromatic N) is 1. The molecule has 2 atom stereocenters. The van der Waals surface area contributed by atoms with Crippen molar-refractivity contribution in [1.82, 2.24) is 0 Å². The van der Waals surface area contributed by atoms with Gasteiger partial charge < -0.3 is 0 Å². The zero-order valence-corrected chi connectivity index (χ0v) is 19.2. The third kappa shape index (κ3) is 2.15. The second-order valence-electron chi connectivity index (χ2n) is 8.96. The molecule has 158 valence electrons.